The molecule has 2 nitrogen and oxygen atoms in total. The third-order valence-corrected chi connectivity index (χ3v) is 2.75. The van der Waals surface area contributed by atoms with E-state index in [0.717, 1.165) is 5.56 Å². The minimum absolute atomic E-state index is 0.179. The summed E-state index contributed by atoms with van der Waals surface area (Å²) < 4.78 is 38.3. The second-order valence-corrected chi connectivity index (χ2v) is 4.31. The summed E-state index contributed by atoms with van der Waals surface area (Å²) in [4.78, 5) is 12.3. The molecule has 0 saturated heterocycles. The summed E-state index contributed by atoms with van der Waals surface area (Å²) in [6.07, 6.45) is -4.93. The van der Waals surface area contributed by atoms with Gasteiger partial charge in [-0.3, -0.25) is 9.69 Å². The predicted molar refractivity (Wildman–Crippen MR) is 70.8 cm³/mol. The van der Waals surface area contributed by atoms with Crippen LogP contribution in [0.1, 0.15) is 5.56 Å². The summed E-state index contributed by atoms with van der Waals surface area (Å²) in [5, 5.41) is 0. The zero-order chi connectivity index (χ0) is 14.8. The smallest absolute Gasteiger partial charge is 0.273 e. The minimum Gasteiger partial charge on any atom is -0.273 e. The molecule has 104 valence electrons. The number of nitrogens with zero attached hydrogens (tertiary/aromatic N) is 1. The molecule has 0 aliphatic carbocycles. The topological polar surface area (TPSA) is 20.3 Å². The molecule has 0 atom stereocenters. The van der Waals surface area contributed by atoms with Crippen LogP contribution in [0.15, 0.2) is 54.6 Å². The fourth-order valence-electron chi connectivity index (χ4n) is 1.78. The first kappa shape index (κ1) is 14.1. The molecule has 0 aliphatic rings. The van der Waals surface area contributed by atoms with Crippen molar-refractivity contribution in [1.82, 2.24) is 0 Å². The van der Waals surface area contributed by atoms with Crippen molar-refractivity contribution < 1.29 is 18.0 Å². The molecule has 0 heterocycles. The van der Waals surface area contributed by atoms with Crippen LogP contribution in [0.25, 0.3) is 0 Å². The van der Waals surface area contributed by atoms with Crippen LogP contribution in [-0.2, 0) is 4.79 Å². The predicted octanol–water partition coefficient (Wildman–Crippen LogP) is 4.22. The van der Waals surface area contributed by atoms with Crippen LogP contribution in [0, 0.1) is 6.92 Å². The molecule has 0 aliphatic heterocycles. The Morgan fingerprint density at radius 3 is 1.90 bits per heavy atom. The van der Waals surface area contributed by atoms with Gasteiger partial charge < -0.3 is 0 Å². The molecular weight excluding hydrogens is 267 g/mol. The molecule has 2 aromatic carbocycles. The molecule has 0 radical (unpaired) electrons. The first-order valence-electron chi connectivity index (χ1n) is 5.92. The molecule has 0 aromatic heterocycles. The van der Waals surface area contributed by atoms with E-state index in [2.05, 4.69) is 0 Å². The Labute approximate surface area is 114 Å². The van der Waals surface area contributed by atoms with Crippen LogP contribution < -0.4 is 4.90 Å². The summed E-state index contributed by atoms with van der Waals surface area (Å²) in [5.41, 5.74) is 1.27. The van der Waals surface area contributed by atoms with Crippen LogP contribution in [0.2, 0.25) is 0 Å². The van der Waals surface area contributed by atoms with Crippen molar-refractivity contribution in [3.8, 4) is 0 Å². The number of hydrogen-bond acceptors (Lipinski definition) is 1. The highest BCUT2D eigenvalue weighted by atomic mass is 19.4. The number of hydrogen-bond donors (Lipinski definition) is 0. The average Bonchev–Trinajstić information content (AvgIpc) is 2.41. The van der Waals surface area contributed by atoms with Crippen molar-refractivity contribution in [3.05, 3.63) is 60.2 Å². The van der Waals surface area contributed by atoms with E-state index < -0.39 is 12.1 Å². The molecular formula is C15H12F3NO. The minimum atomic E-state index is -4.93. The van der Waals surface area contributed by atoms with Gasteiger partial charge in [-0.15, -0.1) is 0 Å². The number of aryl methyl sites for hydroxylation is 1. The molecule has 5 heteroatoms. The monoisotopic (exact) mass is 279 g/mol. The second kappa shape index (κ2) is 5.36. The van der Waals surface area contributed by atoms with Gasteiger partial charge in [-0.05, 0) is 31.2 Å². The number of alkyl halides is 3. The van der Waals surface area contributed by atoms with Gasteiger partial charge in [-0.1, -0.05) is 35.9 Å². The highest BCUT2D eigenvalue weighted by Crippen LogP contribution is 2.30. The number of para-hydroxylation sites is 1. The number of carbonyl (C=O) groups excluding carboxylic acids is 1. The molecule has 2 aromatic rings. The largest absolute Gasteiger partial charge is 0.472 e. The Hall–Kier alpha value is -2.30. The molecule has 20 heavy (non-hydrogen) atoms. The van der Waals surface area contributed by atoms with Crippen molar-refractivity contribution in [3.63, 3.8) is 0 Å². The lowest BCUT2D eigenvalue weighted by Gasteiger charge is -2.24. The fourth-order valence-corrected chi connectivity index (χ4v) is 1.78. The molecule has 1 amide bonds. The van der Waals surface area contributed by atoms with Crippen LogP contribution in [0.3, 0.4) is 0 Å². The van der Waals surface area contributed by atoms with Crippen molar-refractivity contribution in [1.29, 1.82) is 0 Å². The normalized spacial score (nSPS) is 11.2. The quantitative estimate of drug-likeness (QED) is 0.806. The van der Waals surface area contributed by atoms with Gasteiger partial charge in [0.1, 0.15) is 0 Å². The lowest BCUT2D eigenvalue weighted by molar-refractivity contribution is -0.169. The SMILES string of the molecule is Cc1ccc(N(C(=O)C(F)(F)F)c2ccccc2)cc1. The summed E-state index contributed by atoms with van der Waals surface area (Å²) in [6, 6.07) is 14.1. The zero-order valence-electron chi connectivity index (χ0n) is 10.7. The van der Waals surface area contributed by atoms with Crippen molar-refractivity contribution in [2.24, 2.45) is 0 Å². The summed E-state index contributed by atoms with van der Waals surface area (Å²) in [7, 11) is 0. The summed E-state index contributed by atoms with van der Waals surface area (Å²) >= 11 is 0. The van der Waals surface area contributed by atoms with Gasteiger partial charge in [0.15, 0.2) is 0 Å². The lowest BCUT2D eigenvalue weighted by atomic mass is 10.2. The van der Waals surface area contributed by atoms with E-state index in [0.29, 0.717) is 4.90 Å². The Morgan fingerprint density at radius 1 is 0.900 bits per heavy atom. The van der Waals surface area contributed by atoms with Crippen molar-refractivity contribution in [2.45, 2.75) is 13.1 Å². The Kier molecular flexibility index (Phi) is 3.79. The number of benzene rings is 2. The maximum absolute atomic E-state index is 12.8. The summed E-state index contributed by atoms with van der Waals surface area (Å²) in [6.45, 7) is 1.82. The van der Waals surface area contributed by atoms with E-state index in [1.165, 1.54) is 24.3 Å². The number of halogens is 3. The van der Waals surface area contributed by atoms with Crippen molar-refractivity contribution >= 4 is 17.3 Å². The van der Waals surface area contributed by atoms with Gasteiger partial charge in [-0.25, -0.2) is 0 Å². The van der Waals surface area contributed by atoms with Gasteiger partial charge in [0, 0.05) is 11.4 Å². The average molecular weight is 279 g/mol. The third kappa shape index (κ3) is 2.99. The number of carbonyl (C=O) groups is 1. The van der Waals surface area contributed by atoms with E-state index in [1.807, 2.05) is 6.92 Å². The molecule has 2 rings (SSSR count). The second-order valence-electron chi connectivity index (χ2n) is 4.31. The van der Waals surface area contributed by atoms with Crippen LogP contribution in [0.5, 0.6) is 0 Å². The van der Waals surface area contributed by atoms with E-state index in [1.54, 1.807) is 30.3 Å². The highest BCUT2D eigenvalue weighted by Gasteiger charge is 2.43. The van der Waals surface area contributed by atoms with Gasteiger partial charge >= 0.3 is 12.1 Å². The van der Waals surface area contributed by atoms with Gasteiger partial charge in [0.05, 0.1) is 0 Å². The van der Waals surface area contributed by atoms with Crippen LogP contribution in [-0.4, -0.2) is 12.1 Å². The van der Waals surface area contributed by atoms with Crippen molar-refractivity contribution in [2.75, 3.05) is 4.90 Å². The molecule has 0 saturated carbocycles. The molecule has 0 N–H and O–H groups in total. The van der Waals surface area contributed by atoms with Gasteiger partial charge in [-0.2, -0.15) is 13.2 Å². The summed E-state index contributed by atoms with van der Waals surface area (Å²) in [5.74, 6) is -1.91. The molecule has 0 fully saturated rings. The lowest BCUT2D eigenvalue weighted by Crippen LogP contribution is -2.38. The van der Waals surface area contributed by atoms with E-state index in [4.69, 9.17) is 0 Å². The first-order valence-corrected chi connectivity index (χ1v) is 5.92. The number of anilines is 2. The van der Waals surface area contributed by atoms with Gasteiger partial charge in [0.2, 0.25) is 0 Å². The zero-order valence-corrected chi connectivity index (χ0v) is 10.7. The fraction of sp³-hybridized carbons (Fsp3) is 0.133. The van der Waals surface area contributed by atoms with E-state index in [-0.39, 0.29) is 11.4 Å². The van der Waals surface area contributed by atoms with Gasteiger partial charge in [0.25, 0.3) is 0 Å². The van der Waals surface area contributed by atoms with E-state index >= 15 is 0 Å². The number of amides is 1. The van der Waals surface area contributed by atoms with Crippen LogP contribution >= 0.6 is 0 Å². The maximum atomic E-state index is 12.8. The highest BCUT2D eigenvalue weighted by molar-refractivity contribution is 6.03. The van der Waals surface area contributed by atoms with E-state index in [9.17, 15) is 18.0 Å². The Morgan fingerprint density at radius 2 is 1.40 bits per heavy atom. The number of rotatable bonds is 2. The third-order valence-electron chi connectivity index (χ3n) is 2.75. The molecule has 0 spiro atoms. The molecule has 0 unspecified atom stereocenters. The Bertz CT molecular complexity index is 591. The Balaban J connectivity index is 2.50. The molecule has 0 bridgehead atoms. The first-order chi connectivity index (χ1) is 9.39. The maximum Gasteiger partial charge on any atom is 0.472 e. The van der Waals surface area contributed by atoms with Crippen LogP contribution in [0.4, 0.5) is 24.5 Å². The standard InChI is InChI=1S/C15H12F3NO/c1-11-7-9-13(10-8-11)19(14(20)15(16,17)18)12-5-3-2-4-6-12/h2-10H,1H3.